The van der Waals surface area contributed by atoms with Gasteiger partial charge in [0.25, 0.3) is 0 Å². The summed E-state index contributed by atoms with van der Waals surface area (Å²) in [6, 6.07) is 6.42. The van der Waals surface area contributed by atoms with Crippen LogP contribution in [0, 0.1) is 5.92 Å². The summed E-state index contributed by atoms with van der Waals surface area (Å²) in [4.78, 5) is 6.98. The minimum absolute atomic E-state index is 0.284. The molecule has 3 rings (SSSR count). The Morgan fingerprint density at radius 1 is 1.50 bits per heavy atom. The monoisotopic (exact) mass is 291 g/mol. The second kappa shape index (κ2) is 5.58. The Morgan fingerprint density at radius 2 is 2.35 bits per heavy atom. The van der Waals surface area contributed by atoms with Crippen molar-refractivity contribution in [2.45, 2.75) is 26.3 Å². The summed E-state index contributed by atoms with van der Waals surface area (Å²) in [5.74, 6) is 1.47. The van der Waals surface area contributed by atoms with Gasteiger partial charge >= 0.3 is 0 Å². The minimum atomic E-state index is 0.284. The van der Waals surface area contributed by atoms with Gasteiger partial charge in [0.2, 0.25) is 0 Å². The van der Waals surface area contributed by atoms with Crippen molar-refractivity contribution in [3.8, 4) is 5.75 Å². The molecule has 20 heavy (non-hydrogen) atoms. The molecule has 108 valence electrons. The minimum Gasteiger partial charge on any atom is -0.493 e. The van der Waals surface area contributed by atoms with Crippen molar-refractivity contribution in [3.05, 3.63) is 18.2 Å². The van der Waals surface area contributed by atoms with Crippen molar-refractivity contribution < 1.29 is 4.74 Å². The van der Waals surface area contributed by atoms with E-state index < -0.39 is 0 Å². The molecule has 1 aliphatic heterocycles. The summed E-state index contributed by atoms with van der Waals surface area (Å²) in [5.41, 5.74) is 7.01. The molecule has 0 saturated carbocycles. The Kier molecular flexibility index (Phi) is 3.81. The molecule has 0 aliphatic carbocycles. The molecule has 1 aromatic heterocycles. The van der Waals surface area contributed by atoms with Crippen LogP contribution in [0.25, 0.3) is 10.2 Å². The molecule has 2 N–H and O–H groups in total. The lowest BCUT2D eigenvalue weighted by Crippen LogP contribution is -2.26. The molecule has 0 bridgehead atoms. The van der Waals surface area contributed by atoms with Crippen LogP contribution in [-0.4, -0.2) is 30.7 Å². The van der Waals surface area contributed by atoms with Crippen LogP contribution in [0.2, 0.25) is 0 Å². The summed E-state index contributed by atoms with van der Waals surface area (Å²) < 4.78 is 6.95. The predicted octanol–water partition coefficient (Wildman–Crippen LogP) is 2.87. The Bertz CT molecular complexity index is 596. The van der Waals surface area contributed by atoms with Gasteiger partial charge in [-0.1, -0.05) is 25.2 Å². The van der Waals surface area contributed by atoms with Crippen molar-refractivity contribution >= 4 is 26.7 Å². The second-order valence-electron chi connectivity index (χ2n) is 5.83. The van der Waals surface area contributed by atoms with Gasteiger partial charge in [0.1, 0.15) is 5.75 Å². The number of benzene rings is 1. The van der Waals surface area contributed by atoms with Crippen LogP contribution >= 0.6 is 11.3 Å². The highest BCUT2D eigenvalue weighted by atomic mass is 32.1. The van der Waals surface area contributed by atoms with E-state index >= 15 is 0 Å². The Labute approximate surface area is 123 Å². The lowest BCUT2D eigenvalue weighted by atomic mass is 10.2. The first-order valence-corrected chi connectivity index (χ1v) is 7.97. The largest absolute Gasteiger partial charge is 0.493 e. The van der Waals surface area contributed by atoms with Crippen LogP contribution in [0.4, 0.5) is 5.13 Å². The Hall–Kier alpha value is -1.33. The normalized spacial score (nSPS) is 19.2. The van der Waals surface area contributed by atoms with Gasteiger partial charge in [0, 0.05) is 19.1 Å². The van der Waals surface area contributed by atoms with Gasteiger partial charge in [0.05, 0.1) is 16.8 Å². The first-order chi connectivity index (χ1) is 9.61. The molecular weight excluding hydrogens is 270 g/mol. The van der Waals surface area contributed by atoms with E-state index in [4.69, 9.17) is 15.5 Å². The summed E-state index contributed by atoms with van der Waals surface area (Å²) in [7, 11) is 0. The number of rotatable bonds is 4. The fraction of sp³-hybridized carbons (Fsp3) is 0.533. The highest BCUT2D eigenvalue weighted by Crippen LogP contribution is 2.32. The molecule has 0 spiro atoms. The zero-order valence-corrected chi connectivity index (χ0v) is 12.8. The third-order valence-corrected chi connectivity index (χ3v) is 4.51. The van der Waals surface area contributed by atoms with Gasteiger partial charge in [-0.3, -0.25) is 0 Å². The maximum Gasteiger partial charge on any atom is 0.186 e. The molecule has 5 heteroatoms. The van der Waals surface area contributed by atoms with Gasteiger partial charge in [0.15, 0.2) is 5.13 Å². The van der Waals surface area contributed by atoms with Crippen molar-refractivity contribution in [1.29, 1.82) is 0 Å². The van der Waals surface area contributed by atoms with Crippen LogP contribution in [-0.2, 0) is 0 Å². The van der Waals surface area contributed by atoms with E-state index in [0.29, 0.717) is 5.92 Å². The average molecular weight is 291 g/mol. The lowest BCUT2D eigenvalue weighted by Gasteiger charge is -2.12. The van der Waals surface area contributed by atoms with E-state index in [1.807, 2.05) is 12.1 Å². The van der Waals surface area contributed by atoms with Crippen molar-refractivity contribution in [1.82, 2.24) is 4.98 Å². The summed E-state index contributed by atoms with van der Waals surface area (Å²) in [5, 5.41) is 1.08. The van der Waals surface area contributed by atoms with Crippen molar-refractivity contribution in [2.24, 2.45) is 11.7 Å². The number of fused-ring (bicyclic) bond motifs is 1. The molecule has 2 heterocycles. The number of ether oxygens (including phenoxy) is 1. The molecule has 1 saturated heterocycles. The maximum atomic E-state index is 5.96. The fourth-order valence-corrected chi connectivity index (χ4v) is 3.37. The highest BCUT2D eigenvalue weighted by molar-refractivity contribution is 7.22. The standard InChI is InChI=1S/C15H21N3OS/c1-10(2)9-19-12-3-4-13-14(7-12)20-15(17-13)18-6-5-11(16)8-18/h3-4,7,10-11H,5-6,8-9,16H2,1-2H3. The summed E-state index contributed by atoms with van der Waals surface area (Å²) in [6.07, 6.45) is 1.05. The molecule has 1 fully saturated rings. The molecule has 0 radical (unpaired) electrons. The average Bonchev–Trinajstić information content (AvgIpc) is 3.01. The summed E-state index contributed by atoms with van der Waals surface area (Å²) in [6.45, 7) is 6.98. The quantitative estimate of drug-likeness (QED) is 0.941. The Balaban J connectivity index is 1.80. The third-order valence-electron chi connectivity index (χ3n) is 3.43. The predicted molar refractivity (Wildman–Crippen MR) is 84.8 cm³/mol. The van der Waals surface area contributed by atoms with Gasteiger partial charge in [-0.25, -0.2) is 4.98 Å². The SMILES string of the molecule is CC(C)COc1ccc2nc(N3CCC(N)C3)sc2c1. The number of thiazole rings is 1. The molecule has 4 nitrogen and oxygen atoms in total. The molecule has 2 aromatic rings. The van der Waals surface area contributed by atoms with E-state index in [1.165, 1.54) is 4.70 Å². The van der Waals surface area contributed by atoms with Gasteiger partial charge in [-0.15, -0.1) is 0 Å². The number of nitrogens with two attached hydrogens (primary N) is 1. The molecular formula is C15H21N3OS. The summed E-state index contributed by atoms with van der Waals surface area (Å²) >= 11 is 1.72. The van der Waals surface area contributed by atoms with Crippen LogP contribution in [0.5, 0.6) is 5.75 Å². The van der Waals surface area contributed by atoms with Gasteiger partial charge in [-0.05, 0) is 30.5 Å². The van der Waals surface area contributed by atoms with Gasteiger partial charge < -0.3 is 15.4 Å². The second-order valence-corrected chi connectivity index (χ2v) is 6.83. The molecule has 1 atom stereocenters. The Morgan fingerprint density at radius 3 is 3.05 bits per heavy atom. The van der Waals surface area contributed by atoms with Crippen LogP contribution in [0.3, 0.4) is 0 Å². The zero-order chi connectivity index (χ0) is 14.1. The van der Waals surface area contributed by atoms with Crippen molar-refractivity contribution in [2.75, 3.05) is 24.6 Å². The third kappa shape index (κ3) is 2.88. The molecule has 1 unspecified atom stereocenters. The zero-order valence-electron chi connectivity index (χ0n) is 12.0. The van der Waals surface area contributed by atoms with E-state index in [9.17, 15) is 0 Å². The lowest BCUT2D eigenvalue weighted by molar-refractivity contribution is 0.271. The number of hydrogen-bond donors (Lipinski definition) is 1. The van der Waals surface area contributed by atoms with E-state index in [1.54, 1.807) is 11.3 Å². The van der Waals surface area contributed by atoms with Gasteiger partial charge in [-0.2, -0.15) is 0 Å². The molecule has 0 amide bonds. The number of nitrogens with zero attached hydrogens (tertiary/aromatic N) is 2. The van der Waals surface area contributed by atoms with E-state index in [-0.39, 0.29) is 6.04 Å². The molecule has 1 aromatic carbocycles. The molecule has 1 aliphatic rings. The maximum absolute atomic E-state index is 5.96. The van der Waals surface area contributed by atoms with Crippen LogP contribution in [0.15, 0.2) is 18.2 Å². The number of anilines is 1. The smallest absolute Gasteiger partial charge is 0.186 e. The fourth-order valence-electron chi connectivity index (χ4n) is 2.34. The topological polar surface area (TPSA) is 51.4 Å². The highest BCUT2D eigenvalue weighted by Gasteiger charge is 2.22. The van der Waals surface area contributed by atoms with Crippen LogP contribution in [0.1, 0.15) is 20.3 Å². The van der Waals surface area contributed by atoms with Crippen LogP contribution < -0.4 is 15.4 Å². The van der Waals surface area contributed by atoms with Crippen molar-refractivity contribution in [3.63, 3.8) is 0 Å². The number of hydrogen-bond acceptors (Lipinski definition) is 5. The van der Waals surface area contributed by atoms with E-state index in [0.717, 1.165) is 42.5 Å². The number of aromatic nitrogens is 1. The first-order valence-electron chi connectivity index (χ1n) is 7.16. The first kappa shape index (κ1) is 13.6. The van der Waals surface area contributed by atoms with E-state index in [2.05, 4.69) is 24.8 Å².